The number of nitrogens with two attached hydrogens (primary N) is 1. The molecule has 1 aliphatic carbocycles. The standard InChI is InChI=1S/C21H21N5O2/c1-12(22)25-26-19-7-3-13-9-15(4-6-17(13)19)23-21(27)20-11-14-10-16(28-2)5-8-18(14)24-20/h4-6,8-11,24H,3,7H2,1-2H3,(H2,22,25)(H,23,27)/b26-19-. The van der Waals surface area contributed by atoms with E-state index in [0.29, 0.717) is 11.5 Å². The van der Waals surface area contributed by atoms with Crippen molar-refractivity contribution in [2.24, 2.45) is 15.9 Å². The van der Waals surface area contributed by atoms with E-state index in [4.69, 9.17) is 10.5 Å². The van der Waals surface area contributed by atoms with Crippen LogP contribution in [0.5, 0.6) is 5.75 Å². The van der Waals surface area contributed by atoms with Crippen LogP contribution in [0.25, 0.3) is 10.9 Å². The van der Waals surface area contributed by atoms with Crippen molar-refractivity contribution in [3.05, 3.63) is 59.3 Å². The molecule has 142 valence electrons. The van der Waals surface area contributed by atoms with Crippen LogP contribution in [0.3, 0.4) is 0 Å². The number of hydrogen-bond donors (Lipinski definition) is 3. The molecule has 3 aromatic rings. The first-order chi connectivity index (χ1) is 13.5. The summed E-state index contributed by atoms with van der Waals surface area (Å²) >= 11 is 0. The van der Waals surface area contributed by atoms with Gasteiger partial charge in [0.05, 0.1) is 12.8 Å². The highest BCUT2D eigenvalue weighted by atomic mass is 16.5. The van der Waals surface area contributed by atoms with Gasteiger partial charge in [0.25, 0.3) is 5.91 Å². The maximum absolute atomic E-state index is 12.7. The molecule has 1 aromatic heterocycles. The van der Waals surface area contributed by atoms with E-state index >= 15 is 0 Å². The van der Waals surface area contributed by atoms with Crippen molar-refractivity contribution in [2.45, 2.75) is 19.8 Å². The summed E-state index contributed by atoms with van der Waals surface area (Å²) in [5.41, 5.74) is 10.8. The second-order valence-electron chi connectivity index (χ2n) is 6.75. The number of rotatable bonds is 4. The number of carbonyl (C=O) groups is 1. The quantitative estimate of drug-likeness (QED) is 0.369. The minimum atomic E-state index is -0.189. The Labute approximate surface area is 162 Å². The van der Waals surface area contributed by atoms with E-state index in [1.54, 1.807) is 14.0 Å². The second-order valence-corrected chi connectivity index (χ2v) is 6.75. The Kier molecular flexibility index (Phi) is 4.57. The topological polar surface area (TPSA) is 105 Å². The first-order valence-corrected chi connectivity index (χ1v) is 9.01. The van der Waals surface area contributed by atoms with Crippen molar-refractivity contribution < 1.29 is 9.53 Å². The zero-order chi connectivity index (χ0) is 19.7. The smallest absolute Gasteiger partial charge is 0.272 e. The van der Waals surface area contributed by atoms with Gasteiger partial charge in [-0.15, -0.1) is 5.10 Å². The normalized spacial score (nSPS) is 15.1. The molecule has 4 rings (SSSR count). The van der Waals surface area contributed by atoms with E-state index in [1.807, 2.05) is 42.5 Å². The van der Waals surface area contributed by atoms with Crippen molar-refractivity contribution >= 4 is 34.0 Å². The van der Waals surface area contributed by atoms with E-state index in [9.17, 15) is 4.79 Å². The molecule has 0 saturated heterocycles. The van der Waals surface area contributed by atoms with Gasteiger partial charge in [0.15, 0.2) is 0 Å². The SMILES string of the molecule is COc1ccc2[nH]c(C(=O)Nc3ccc4c(c3)CC/C4=N/N=C(C)N)cc2c1. The molecule has 4 N–H and O–H groups in total. The van der Waals surface area contributed by atoms with Crippen LogP contribution in [-0.2, 0) is 6.42 Å². The van der Waals surface area contributed by atoms with Crippen LogP contribution in [0.2, 0.25) is 0 Å². The number of methoxy groups -OCH3 is 1. The van der Waals surface area contributed by atoms with Gasteiger partial charge in [-0.25, -0.2) is 0 Å². The average molecular weight is 375 g/mol. The lowest BCUT2D eigenvalue weighted by atomic mass is 10.1. The van der Waals surface area contributed by atoms with Gasteiger partial charge in [-0.05, 0) is 61.7 Å². The van der Waals surface area contributed by atoms with Gasteiger partial charge in [0, 0.05) is 22.2 Å². The number of hydrogen-bond acceptors (Lipinski definition) is 4. The number of anilines is 1. The largest absolute Gasteiger partial charge is 0.497 e. The molecular weight excluding hydrogens is 354 g/mol. The summed E-state index contributed by atoms with van der Waals surface area (Å²) in [5, 5.41) is 12.0. The number of aromatic amines is 1. The van der Waals surface area contributed by atoms with Gasteiger partial charge in [0.2, 0.25) is 0 Å². The fourth-order valence-electron chi connectivity index (χ4n) is 3.35. The number of aryl methyl sites for hydroxylation is 1. The van der Waals surface area contributed by atoms with Gasteiger partial charge in [-0.3, -0.25) is 4.79 Å². The number of aromatic nitrogens is 1. The predicted molar refractivity (Wildman–Crippen MR) is 111 cm³/mol. The van der Waals surface area contributed by atoms with Gasteiger partial charge >= 0.3 is 0 Å². The van der Waals surface area contributed by atoms with Crippen LogP contribution in [0.15, 0.2) is 52.7 Å². The predicted octanol–water partition coefficient (Wildman–Crippen LogP) is 3.46. The number of benzene rings is 2. The molecule has 0 fully saturated rings. The Balaban J connectivity index is 1.54. The van der Waals surface area contributed by atoms with Gasteiger partial charge in [0.1, 0.15) is 17.3 Å². The third kappa shape index (κ3) is 3.46. The molecule has 0 saturated carbocycles. The number of fused-ring (bicyclic) bond motifs is 2. The summed E-state index contributed by atoms with van der Waals surface area (Å²) in [6.45, 7) is 1.71. The molecule has 0 unspecified atom stereocenters. The number of nitrogens with one attached hydrogen (secondary N) is 2. The number of carbonyl (C=O) groups excluding carboxylic acids is 1. The molecule has 1 heterocycles. The first kappa shape index (κ1) is 17.8. The highest BCUT2D eigenvalue weighted by Crippen LogP contribution is 2.27. The molecule has 2 aromatic carbocycles. The van der Waals surface area contributed by atoms with E-state index in [0.717, 1.165) is 52.0 Å². The second kappa shape index (κ2) is 7.19. The van der Waals surface area contributed by atoms with Crippen LogP contribution < -0.4 is 15.8 Å². The molecule has 7 nitrogen and oxygen atoms in total. The maximum atomic E-state index is 12.7. The van der Waals surface area contributed by atoms with E-state index in [-0.39, 0.29) is 5.91 Å². The number of ether oxygens (including phenoxy) is 1. The monoisotopic (exact) mass is 375 g/mol. The van der Waals surface area contributed by atoms with E-state index in [1.165, 1.54) is 0 Å². The molecular formula is C21H21N5O2. The fourth-order valence-corrected chi connectivity index (χ4v) is 3.35. The van der Waals surface area contributed by atoms with Gasteiger partial charge in [-0.1, -0.05) is 6.07 Å². The summed E-state index contributed by atoms with van der Waals surface area (Å²) in [5.74, 6) is 0.995. The summed E-state index contributed by atoms with van der Waals surface area (Å²) in [4.78, 5) is 15.8. The Morgan fingerprint density at radius 1 is 1.18 bits per heavy atom. The zero-order valence-electron chi connectivity index (χ0n) is 15.7. The molecule has 0 bridgehead atoms. The van der Waals surface area contributed by atoms with Crippen LogP contribution in [0.4, 0.5) is 5.69 Å². The van der Waals surface area contributed by atoms with Gasteiger partial charge in [-0.2, -0.15) is 5.10 Å². The van der Waals surface area contributed by atoms with Crippen molar-refractivity contribution in [3.63, 3.8) is 0 Å². The highest BCUT2D eigenvalue weighted by Gasteiger charge is 2.19. The highest BCUT2D eigenvalue weighted by molar-refractivity contribution is 6.08. The Morgan fingerprint density at radius 2 is 2.04 bits per heavy atom. The third-order valence-electron chi connectivity index (χ3n) is 4.71. The molecule has 0 radical (unpaired) electrons. The number of nitrogens with zero attached hydrogens (tertiary/aromatic N) is 2. The molecule has 7 heteroatoms. The molecule has 1 amide bonds. The van der Waals surface area contributed by atoms with Crippen molar-refractivity contribution in [1.82, 2.24) is 4.98 Å². The summed E-state index contributed by atoms with van der Waals surface area (Å²) in [6, 6.07) is 13.3. The minimum absolute atomic E-state index is 0.189. The van der Waals surface area contributed by atoms with E-state index < -0.39 is 0 Å². The number of amidine groups is 1. The zero-order valence-corrected chi connectivity index (χ0v) is 15.7. The van der Waals surface area contributed by atoms with E-state index in [2.05, 4.69) is 20.5 Å². The molecule has 28 heavy (non-hydrogen) atoms. The van der Waals surface area contributed by atoms with Crippen molar-refractivity contribution in [3.8, 4) is 5.75 Å². The third-order valence-corrected chi connectivity index (χ3v) is 4.71. The molecule has 1 aliphatic rings. The number of H-pyrrole nitrogens is 1. The van der Waals surface area contributed by atoms with Crippen molar-refractivity contribution in [2.75, 3.05) is 12.4 Å². The maximum Gasteiger partial charge on any atom is 0.272 e. The fraction of sp³-hybridized carbons (Fsp3) is 0.190. The summed E-state index contributed by atoms with van der Waals surface area (Å²) < 4.78 is 5.23. The van der Waals surface area contributed by atoms with Crippen LogP contribution in [0, 0.1) is 0 Å². The first-order valence-electron chi connectivity index (χ1n) is 9.01. The Bertz CT molecular complexity index is 1120. The lowest BCUT2D eigenvalue weighted by molar-refractivity contribution is 0.102. The molecule has 0 aliphatic heterocycles. The Hall–Kier alpha value is -3.61. The average Bonchev–Trinajstić information content (AvgIpc) is 3.29. The summed E-state index contributed by atoms with van der Waals surface area (Å²) in [7, 11) is 1.62. The van der Waals surface area contributed by atoms with Crippen molar-refractivity contribution in [1.29, 1.82) is 0 Å². The minimum Gasteiger partial charge on any atom is -0.497 e. The van der Waals surface area contributed by atoms with Crippen LogP contribution in [-0.4, -0.2) is 29.5 Å². The van der Waals surface area contributed by atoms with Crippen LogP contribution >= 0.6 is 0 Å². The lowest BCUT2D eigenvalue weighted by Gasteiger charge is -2.06. The Morgan fingerprint density at radius 3 is 2.82 bits per heavy atom. The molecule has 0 spiro atoms. The van der Waals surface area contributed by atoms with Crippen LogP contribution in [0.1, 0.15) is 35.0 Å². The summed E-state index contributed by atoms with van der Waals surface area (Å²) in [6.07, 6.45) is 1.68. The van der Waals surface area contributed by atoms with Gasteiger partial charge < -0.3 is 20.8 Å². The molecule has 0 atom stereocenters. The number of amides is 1. The lowest BCUT2D eigenvalue weighted by Crippen LogP contribution is -2.12.